The third-order valence-electron chi connectivity index (χ3n) is 3.07. The van der Waals surface area contributed by atoms with Crippen LogP contribution < -0.4 is 10.5 Å². The highest BCUT2D eigenvalue weighted by atomic mass is 16.5. The van der Waals surface area contributed by atoms with E-state index in [9.17, 15) is 5.11 Å². The molecule has 0 aliphatic rings. The molecule has 0 radical (unpaired) electrons. The van der Waals surface area contributed by atoms with Gasteiger partial charge in [0.1, 0.15) is 12.4 Å². The molecule has 0 amide bonds. The number of rotatable bonds is 8. The fraction of sp³-hybridized carbons (Fsp3) is 0.294. The molecular formula is C17H21NO3. The predicted octanol–water partition coefficient (Wildman–Crippen LogP) is 2.27. The van der Waals surface area contributed by atoms with Crippen molar-refractivity contribution in [3.63, 3.8) is 0 Å². The quantitative estimate of drug-likeness (QED) is 0.731. The maximum absolute atomic E-state index is 9.68. The topological polar surface area (TPSA) is 64.7 Å². The van der Waals surface area contributed by atoms with Gasteiger partial charge in [0.05, 0.1) is 19.3 Å². The zero-order valence-electron chi connectivity index (χ0n) is 11.9. The highest BCUT2D eigenvalue weighted by Gasteiger charge is 2.05. The third kappa shape index (κ3) is 5.19. The minimum absolute atomic E-state index is 0.198. The maximum atomic E-state index is 9.68. The van der Waals surface area contributed by atoms with Crippen LogP contribution in [0.15, 0.2) is 54.6 Å². The summed E-state index contributed by atoms with van der Waals surface area (Å²) in [6.07, 6.45) is -0.650. The summed E-state index contributed by atoms with van der Waals surface area (Å²) in [6.45, 7) is 1.76. The monoisotopic (exact) mass is 287 g/mol. The average Bonchev–Trinajstić information content (AvgIpc) is 2.55. The number of hydrogen-bond donors (Lipinski definition) is 2. The van der Waals surface area contributed by atoms with Crippen LogP contribution in [0.5, 0.6) is 5.75 Å². The molecule has 0 aliphatic heterocycles. The van der Waals surface area contributed by atoms with E-state index in [0.717, 1.165) is 11.1 Å². The van der Waals surface area contributed by atoms with Gasteiger partial charge in [-0.15, -0.1) is 0 Å². The van der Waals surface area contributed by atoms with Crippen LogP contribution >= 0.6 is 0 Å². The van der Waals surface area contributed by atoms with Crippen molar-refractivity contribution >= 4 is 0 Å². The van der Waals surface area contributed by atoms with E-state index in [-0.39, 0.29) is 6.54 Å². The Morgan fingerprint density at radius 3 is 2.57 bits per heavy atom. The van der Waals surface area contributed by atoms with Crippen LogP contribution in [0.3, 0.4) is 0 Å². The normalized spacial score (nSPS) is 12.1. The van der Waals surface area contributed by atoms with Crippen molar-refractivity contribution in [1.29, 1.82) is 0 Å². The van der Waals surface area contributed by atoms with E-state index in [1.807, 2.05) is 48.5 Å². The SMILES string of the molecule is NC[C@H](O)c1cccc(OCCOCc2ccccc2)c1. The van der Waals surface area contributed by atoms with Gasteiger partial charge in [0.2, 0.25) is 0 Å². The first-order valence-electron chi connectivity index (χ1n) is 7.02. The molecular weight excluding hydrogens is 266 g/mol. The zero-order valence-corrected chi connectivity index (χ0v) is 11.9. The molecule has 0 bridgehead atoms. The number of nitrogens with two attached hydrogens (primary N) is 1. The van der Waals surface area contributed by atoms with Gasteiger partial charge in [-0.25, -0.2) is 0 Å². The van der Waals surface area contributed by atoms with E-state index in [2.05, 4.69) is 0 Å². The molecule has 0 fully saturated rings. The van der Waals surface area contributed by atoms with Gasteiger partial charge in [0.25, 0.3) is 0 Å². The molecule has 2 aromatic carbocycles. The molecule has 0 saturated heterocycles. The van der Waals surface area contributed by atoms with Crippen LogP contribution in [0.1, 0.15) is 17.2 Å². The number of ether oxygens (including phenoxy) is 2. The smallest absolute Gasteiger partial charge is 0.119 e. The van der Waals surface area contributed by atoms with E-state index < -0.39 is 6.10 Å². The molecule has 1 atom stereocenters. The second kappa shape index (κ2) is 8.42. The fourth-order valence-electron chi connectivity index (χ4n) is 1.93. The third-order valence-corrected chi connectivity index (χ3v) is 3.07. The van der Waals surface area contributed by atoms with Gasteiger partial charge in [0, 0.05) is 6.54 Å². The molecule has 4 nitrogen and oxygen atoms in total. The summed E-state index contributed by atoms with van der Waals surface area (Å²) < 4.78 is 11.1. The van der Waals surface area contributed by atoms with Gasteiger partial charge in [0.15, 0.2) is 0 Å². The lowest BCUT2D eigenvalue weighted by Gasteiger charge is -2.11. The van der Waals surface area contributed by atoms with Crippen molar-refractivity contribution < 1.29 is 14.6 Å². The first-order chi connectivity index (χ1) is 10.3. The Morgan fingerprint density at radius 2 is 1.81 bits per heavy atom. The predicted molar refractivity (Wildman–Crippen MR) is 82.0 cm³/mol. The van der Waals surface area contributed by atoms with Crippen molar-refractivity contribution in [3.05, 3.63) is 65.7 Å². The zero-order chi connectivity index (χ0) is 14.9. The lowest BCUT2D eigenvalue weighted by Crippen LogP contribution is -2.12. The average molecular weight is 287 g/mol. The molecule has 112 valence electrons. The second-order valence-corrected chi connectivity index (χ2v) is 4.71. The summed E-state index contributed by atoms with van der Waals surface area (Å²) in [5.74, 6) is 0.711. The van der Waals surface area contributed by atoms with Gasteiger partial charge in [-0.1, -0.05) is 42.5 Å². The maximum Gasteiger partial charge on any atom is 0.119 e. The fourth-order valence-corrected chi connectivity index (χ4v) is 1.93. The van der Waals surface area contributed by atoms with Crippen LogP contribution in [0.4, 0.5) is 0 Å². The summed E-state index contributed by atoms with van der Waals surface area (Å²) >= 11 is 0. The van der Waals surface area contributed by atoms with Gasteiger partial charge < -0.3 is 20.3 Å². The van der Waals surface area contributed by atoms with Crippen LogP contribution in [0.25, 0.3) is 0 Å². The van der Waals surface area contributed by atoms with Crippen molar-refractivity contribution in [3.8, 4) is 5.75 Å². The Balaban J connectivity index is 1.71. The molecule has 0 spiro atoms. The highest BCUT2D eigenvalue weighted by Crippen LogP contribution is 2.18. The summed E-state index contributed by atoms with van der Waals surface area (Å²) in [4.78, 5) is 0. The first kappa shape index (κ1) is 15.5. The molecule has 2 rings (SSSR count). The minimum Gasteiger partial charge on any atom is -0.491 e. The van der Waals surface area contributed by atoms with E-state index in [0.29, 0.717) is 25.6 Å². The summed E-state index contributed by atoms with van der Waals surface area (Å²) in [5.41, 5.74) is 7.35. The van der Waals surface area contributed by atoms with Gasteiger partial charge in [-0.05, 0) is 23.3 Å². The number of aliphatic hydroxyl groups excluding tert-OH is 1. The Morgan fingerprint density at radius 1 is 1.00 bits per heavy atom. The van der Waals surface area contributed by atoms with Crippen molar-refractivity contribution in [2.75, 3.05) is 19.8 Å². The first-order valence-corrected chi connectivity index (χ1v) is 7.02. The second-order valence-electron chi connectivity index (χ2n) is 4.71. The molecule has 4 heteroatoms. The van der Waals surface area contributed by atoms with Gasteiger partial charge >= 0.3 is 0 Å². The Labute approximate surface area is 125 Å². The molecule has 0 saturated carbocycles. The van der Waals surface area contributed by atoms with E-state index in [4.69, 9.17) is 15.2 Å². The largest absolute Gasteiger partial charge is 0.491 e. The minimum atomic E-state index is -0.650. The van der Waals surface area contributed by atoms with Crippen molar-refractivity contribution in [2.24, 2.45) is 5.73 Å². The van der Waals surface area contributed by atoms with Crippen molar-refractivity contribution in [1.82, 2.24) is 0 Å². The molecule has 0 aliphatic carbocycles. The molecule has 0 unspecified atom stereocenters. The van der Waals surface area contributed by atoms with Crippen LogP contribution in [-0.4, -0.2) is 24.9 Å². The molecule has 3 N–H and O–H groups in total. The molecule has 0 heterocycles. The number of hydrogen-bond acceptors (Lipinski definition) is 4. The van der Waals surface area contributed by atoms with Crippen molar-refractivity contribution in [2.45, 2.75) is 12.7 Å². The Kier molecular flexibility index (Phi) is 6.22. The Bertz CT molecular complexity index is 531. The number of aliphatic hydroxyl groups is 1. The van der Waals surface area contributed by atoms with Crippen LogP contribution in [-0.2, 0) is 11.3 Å². The van der Waals surface area contributed by atoms with Gasteiger partial charge in [-0.2, -0.15) is 0 Å². The molecule has 21 heavy (non-hydrogen) atoms. The Hall–Kier alpha value is -1.88. The molecule has 0 aromatic heterocycles. The summed E-state index contributed by atoms with van der Waals surface area (Å²) in [5, 5.41) is 9.68. The van der Waals surface area contributed by atoms with Crippen LogP contribution in [0, 0.1) is 0 Å². The van der Waals surface area contributed by atoms with E-state index >= 15 is 0 Å². The summed E-state index contributed by atoms with van der Waals surface area (Å²) in [6, 6.07) is 17.3. The van der Waals surface area contributed by atoms with Crippen LogP contribution in [0.2, 0.25) is 0 Å². The molecule has 2 aromatic rings. The lowest BCUT2D eigenvalue weighted by atomic mass is 10.1. The van der Waals surface area contributed by atoms with E-state index in [1.165, 1.54) is 0 Å². The number of benzene rings is 2. The van der Waals surface area contributed by atoms with E-state index in [1.54, 1.807) is 6.07 Å². The highest BCUT2D eigenvalue weighted by molar-refractivity contribution is 5.30. The standard InChI is InChI=1S/C17H21NO3/c18-12-17(19)15-7-4-8-16(11-15)21-10-9-20-13-14-5-2-1-3-6-14/h1-8,11,17,19H,9-10,12-13,18H2/t17-/m0/s1. The summed E-state index contributed by atoms with van der Waals surface area (Å²) in [7, 11) is 0. The lowest BCUT2D eigenvalue weighted by molar-refractivity contribution is 0.0888. The van der Waals surface area contributed by atoms with Gasteiger partial charge in [-0.3, -0.25) is 0 Å².